The van der Waals surface area contributed by atoms with Crippen LogP contribution in [0.5, 0.6) is 0 Å². The lowest BCUT2D eigenvalue weighted by Crippen LogP contribution is -2.26. The molecular formula is C28H45N9O2S. The molecule has 4 N–H and O–H groups in total. The van der Waals surface area contributed by atoms with Gasteiger partial charge in [0.25, 0.3) is 0 Å². The molecule has 12 heteroatoms. The van der Waals surface area contributed by atoms with Gasteiger partial charge >= 0.3 is 0 Å². The third kappa shape index (κ3) is 9.76. The molecule has 0 aliphatic heterocycles. The van der Waals surface area contributed by atoms with Crippen LogP contribution in [-0.2, 0) is 10.0 Å². The largest absolute Gasteiger partial charge is 0.354 e. The minimum Gasteiger partial charge on any atom is -0.354 e. The lowest BCUT2D eigenvalue weighted by atomic mass is 10.1. The van der Waals surface area contributed by atoms with Gasteiger partial charge in [0.2, 0.25) is 27.9 Å². The van der Waals surface area contributed by atoms with Gasteiger partial charge in [-0.05, 0) is 64.2 Å². The number of nitrogens with one attached hydrogen (secondary N) is 4. The first-order valence-corrected chi connectivity index (χ1v) is 16.1. The molecule has 3 aromatic rings. The summed E-state index contributed by atoms with van der Waals surface area (Å²) >= 11 is 0. The average Bonchev–Trinajstić information content (AvgIpc) is 2.93. The summed E-state index contributed by atoms with van der Waals surface area (Å²) in [6, 6.07) is 11.2. The molecule has 2 aromatic carbocycles. The fourth-order valence-corrected chi connectivity index (χ4v) is 5.08. The van der Waals surface area contributed by atoms with E-state index in [1.165, 1.54) is 0 Å². The van der Waals surface area contributed by atoms with Crippen molar-refractivity contribution < 1.29 is 8.42 Å². The Kier molecular flexibility index (Phi) is 12.2. The van der Waals surface area contributed by atoms with Crippen molar-refractivity contribution in [3.05, 3.63) is 36.4 Å². The van der Waals surface area contributed by atoms with Crippen molar-refractivity contribution in [2.24, 2.45) is 0 Å². The van der Waals surface area contributed by atoms with Crippen molar-refractivity contribution >= 4 is 50.0 Å². The highest BCUT2D eigenvalue weighted by Gasteiger charge is 2.12. The predicted octanol–water partition coefficient (Wildman–Crippen LogP) is 4.43. The molecule has 0 spiro atoms. The molecule has 0 aliphatic rings. The van der Waals surface area contributed by atoms with Gasteiger partial charge in [-0.2, -0.15) is 15.0 Å². The standard InChI is InChI=1S/C28H45N9O2S/c1-6-36(7-2)20-12-18-29-26-32-27(30-19-13-21-37(8-3)9-4)34-28(33-26)31-24-16-10-15-23-22(24)14-11-17-25(23)35-40(5,38)39/h10-11,14-17,35H,6-9,12-13,18-21H2,1-5H3,(H3,29,30,31,32,33,34). The van der Waals surface area contributed by atoms with Crippen LogP contribution in [0.3, 0.4) is 0 Å². The Morgan fingerprint density at radius 3 is 1.60 bits per heavy atom. The quantitative estimate of drug-likeness (QED) is 0.163. The molecule has 40 heavy (non-hydrogen) atoms. The molecule has 0 radical (unpaired) electrons. The van der Waals surface area contributed by atoms with Gasteiger partial charge in [-0.15, -0.1) is 0 Å². The lowest BCUT2D eigenvalue weighted by molar-refractivity contribution is 0.303. The molecule has 11 nitrogen and oxygen atoms in total. The third-order valence-corrected chi connectivity index (χ3v) is 7.35. The second kappa shape index (κ2) is 15.5. The summed E-state index contributed by atoms with van der Waals surface area (Å²) in [6.45, 7) is 16.3. The molecule has 1 heterocycles. The molecule has 0 atom stereocenters. The predicted molar refractivity (Wildman–Crippen MR) is 167 cm³/mol. The van der Waals surface area contributed by atoms with Crippen molar-refractivity contribution in [3.8, 4) is 0 Å². The van der Waals surface area contributed by atoms with E-state index in [2.05, 4.69) is 73.1 Å². The van der Waals surface area contributed by atoms with Gasteiger partial charge in [-0.3, -0.25) is 4.72 Å². The number of hydrogen-bond donors (Lipinski definition) is 4. The Morgan fingerprint density at radius 2 is 1.12 bits per heavy atom. The Morgan fingerprint density at radius 1 is 0.675 bits per heavy atom. The molecule has 0 bridgehead atoms. The Labute approximate surface area is 239 Å². The van der Waals surface area contributed by atoms with Crippen molar-refractivity contribution in [2.45, 2.75) is 40.5 Å². The van der Waals surface area contributed by atoms with Crippen LogP contribution in [0.15, 0.2) is 36.4 Å². The fourth-order valence-electron chi connectivity index (χ4n) is 4.50. The molecule has 3 rings (SSSR count). The van der Waals surface area contributed by atoms with E-state index in [1.54, 1.807) is 6.07 Å². The Hall–Kier alpha value is -3.22. The number of fused-ring (bicyclic) bond motifs is 1. The van der Waals surface area contributed by atoms with Crippen LogP contribution in [0.25, 0.3) is 10.8 Å². The second-order valence-electron chi connectivity index (χ2n) is 9.63. The highest BCUT2D eigenvalue weighted by Crippen LogP contribution is 2.31. The van der Waals surface area contributed by atoms with Crippen LogP contribution in [-0.4, -0.2) is 91.8 Å². The molecule has 0 saturated heterocycles. The van der Waals surface area contributed by atoms with E-state index in [-0.39, 0.29) is 0 Å². The zero-order valence-corrected chi connectivity index (χ0v) is 25.3. The summed E-state index contributed by atoms with van der Waals surface area (Å²) < 4.78 is 26.4. The van der Waals surface area contributed by atoms with E-state index in [1.807, 2.05) is 30.3 Å². The molecular weight excluding hydrogens is 526 g/mol. The highest BCUT2D eigenvalue weighted by molar-refractivity contribution is 7.92. The van der Waals surface area contributed by atoms with Gasteiger partial charge in [-0.1, -0.05) is 52.0 Å². The number of anilines is 5. The normalized spacial score (nSPS) is 11.8. The van der Waals surface area contributed by atoms with Crippen molar-refractivity contribution in [1.82, 2.24) is 24.8 Å². The van der Waals surface area contributed by atoms with E-state index in [4.69, 9.17) is 0 Å². The van der Waals surface area contributed by atoms with Crippen LogP contribution < -0.4 is 20.7 Å². The number of benzene rings is 2. The van der Waals surface area contributed by atoms with Crippen LogP contribution in [0, 0.1) is 0 Å². The topological polar surface area (TPSA) is 127 Å². The van der Waals surface area contributed by atoms with Crippen molar-refractivity contribution in [1.29, 1.82) is 0 Å². The summed E-state index contributed by atoms with van der Waals surface area (Å²) in [6.07, 6.45) is 3.09. The van der Waals surface area contributed by atoms with E-state index >= 15 is 0 Å². The molecule has 0 amide bonds. The molecule has 0 unspecified atom stereocenters. The zero-order valence-electron chi connectivity index (χ0n) is 24.5. The fraction of sp³-hybridized carbons (Fsp3) is 0.536. The molecule has 220 valence electrons. The number of rotatable bonds is 18. The van der Waals surface area contributed by atoms with Crippen LogP contribution in [0.4, 0.5) is 29.2 Å². The summed E-state index contributed by atoms with van der Waals surface area (Å²) in [7, 11) is -3.42. The monoisotopic (exact) mass is 571 g/mol. The highest BCUT2D eigenvalue weighted by atomic mass is 32.2. The van der Waals surface area contributed by atoms with Gasteiger partial charge < -0.3 is 25.8 Å². The SMILES string of the molecule is CCN(CC)CCCNc1nc(NCCCN(CC)CC)nc(Nc2cccc3c(NS(C)(=O)=O)cccc23)n1. The third-order valence-electron chi connectivity index (χ3n) is 6.76. The minimum atomic E-state index is -3.42. The summed E-state index contributed by atoms with van der Waals surface area (Å²) in [5.74, 6) is 1.41. The van der Waals surface area contributed by atoms with Gasteiger partial charge in [0.05, 0.1) is 11.9 Å². The maximum atomic E-state index is 11.9. The number of aromatic nitrogens is 3. The minimum absolute atomic E-state index is 0.404. The van der Waals surface area contributed by atoms with Crippen molar-refractivity contribution in [2.75, 3.05) is 79.3 Å². The zero-order chi connectivity index (χ0) is 29.0. The van der Waals surface area contributed by atoms with Crippen molar-refractivity contribution in [3.63, 3.8) is 0 Å². The molecule has 0 saturated carbocycles. The van der Waals surface area contributed by atoms with E-state index in [0.717, 1.165) is 87.9 Å². The lowest BCUT2D eigenvalue weighted by Gasteiger charge is -2.18. The first-order valence-electron chi connectivity index (χ1n) is 14.2. The number of hydrogen-bond acceptors (Lipinski definition) is 10. The first-order chi connectivity index (χ1) is 19.3. The smallest absolute Gasteiger partial charge is 0.233 e. The Balaban J connectivity index is 1.81. The van der Waals surface area contributed by atoms with Gasteiger partial charge in [-0.25, -0.2) is 8.42 Å². The van der Waals surface area contributed by atoms with Crippen LogP contribution in [0.2, 0.25) is 0 Å². The maximum Gasteiger partial charge on any atom is 0.233 e. The number of sulfonamides is 1. The summed E-state index contributed by atoms with van der Waals surface area (Å²) in [5.41, 5.74) is 1.28. The van der Waals surface area contributed by atoms with E-state index < -0.39 is 10.0 Å². The molecule has 1 aromatic heterocycles. The van der Waals surface area contributed by atoms with Gasteiger partial charge in [0.15, 0.2) is 0 Å². The van der Waals surface area contributed by atoms with E-state index in [0.29, 0.717) is 23.5 Å². The van der Waals surface area contributed by atoms with Crippen LogP contribution >= 0.6 is 0 Å². The Bertz CT molecular complexity index is 1270. The molecule has 0 aliphatic carbocycles. The van der Waals surface area contributed by atoms with Crippen LogP contribution in [0.1, 0.15) is 40.5 Å². The van der Waals surface area contributed by atoms with Gasteiger partial charge in [0, 0.05) is 29.5 Å². The summed E-state index contributed by atoms with van der Waals surface area (Å²) in [4.78, 5) is 18.7. The molecule has 0 fully saturated rings. The maximum absolute atomic E-state index is 11.9. The van der Waals surface area contributed by atoms with E-state index in [9.17, 15) is 8.42 Å². The second-order valence-corrected chi connectivity index (χ2v) is 11.4. The average molecular weight is 572 g/mol. The summed E-state index contributed by atoms with van der Waals surface area (Å²) in [5, 5.41) is 11.7. The van der Waals surface area contributed by atoms with Gasteiger partial charge in [0.1, 0.15) is 0 Å². The number of nitrogens with zero attached hydrogens (tertiary/aromatic N) is 5. The first kappa shape index (κ1) is 31.3.